The van der Waals surface area contributed by atoms with E-state index in [1.807, 2.05) is 84.9 Å². The highest BCUT2D eigenvalue weighted by Crippen LogP contribution is 2.24. The summed E-state index contributed by atoms with van der Waals surface area (Å²) < 4.78 is 11.8. The number of hydrogen-bond donors (Lipinski definition) is 2. The van der Waals surface area contributed by atoms with E-state index in [0.717, 1.165) is 36.2 Å². The number of carboxylic acids is 1. The van der Waals surface area contributed by atoms with Crippen LogP contribution in [0.3, 0.4) is 0 Å². The molecule has 4 aromatic carbocycles. The van der Waals surface area contributed by atoms with Gasteiger partial charge in [-0.15, -0.1) is 0 Å². The summed E-state index contributed by atoms with van der Waals surface area (Å²) in [6, 6.07) is 33.7. The predicted octanol–water partition coefficient (Wildman–Crippen LogP) is 8.00. The van der Waals surface area contributed by atoms with Gasteiger partial charge in [0.1, 0.15) is 11.5 Å². The van der Waals surface area contributed by atoms with Crippen molar-refractivity contribution in [1.82, 2.24) is 0 Å². The van der Waals surface area contributed by atoms with E-state index in [-0.39, 0.29) is 12.5 Å². The number of aryl methyl sites for hydroxylation is 1. The number of rotatable bonds is 15. The van der Waals surface area contributed by atoms with Crippen molar-refractivity contribution in [1.29, 1.82) is 0 Å². The van der Waals surface area contributed by atoms with Crippen LogP contribution in [0.2, 0.25) is 0 Å². The number of ether oxygens (including phenoxy) is 2. The van der Waals surface area contributed by atoms with E-state index in [4.69, 9.17) is 9.47 Å². The van der Waals surface area contributed by atoms with Gasteiger partial charge in [0.25, 0.3) is 0 Å². The van der Waals surface area contributed by atoms with Crippen LogP contribution in [0.25, 0.3) is 0 Å². The van der Waals surface area contributed by atoms with Crippen LogP contribution >= 0.6 is 0 Å². The van der Waals surface area contributed by atoms with E-state index in [9.17, 15) is 14.7 Å². The fourth-order valence-corrected chi connectivity index (χ4v) is 4.69. The number of benzene rings is 4. The number of amides is 2. The number of hydrogen-bond acceptors (Lipinski definition) is 4. The number of nitrogens with one attached hydrogen (secondary N) is 1. The highest BCUT2D eigenvalue weighted by Gasteiger charge is 2.36. The Labute approximate surface area is 254 Å². The third-order valence-corrected chi connectivity index (χ3v) is 7.14. The number of nitrogens with zero attached hydrogens (tertiary/aromatic N) is 1. The summed E-state index contributed by atoms with van der Waals surface area (Å²) in [5, 5.41) is 12.9. The molecule has 0 heterocycles. The van der Waals surface area contributed by atoms with Crippen LogP contribution in [0.15, 0.2) is 109 Å². The molecule has 0 spiro atoms. The van der Waals surface area contributed by atoms with Crippen LogP contribution < -0.4 is 19.7 Å². The summed E-state index contributed by atoms with van der Waals surface area (Å²) in [5.41, 5.74) is 2.24. The van der Waals surface area contributed by atoms with E-state index in [1.54, 1.807) is 24.0 Å². The highest BCUT2D eigenvalue weighted by atomic mass is 16.5. The summed E-state index contributed by atoms with van der Waals surface area (Å²) in [5.74, 6) is 0.141. The van der Waals surface area contributed by atoms with Crippen molar-refractivity contribution in [2.75, 3.05) is 23.4 Å². The molecule has 0 aliphatic heterocycles. The molecule has 1 atom stereocenters. The van der Waals surface area contributed by atoms with Gasteiger partial charge in [-0.25, -0.2) is 9.59 Å². The van der Waals surface area contributed by atoms with Crippen LogP contribution in [0, 0.1) is 0 Å². The van der Waals surface area contributed by atoms with Crippen LogP contribution in [-0.2, 0) is 17.6 Å². The first-order chi connectivity index (χ1) is 20.9. The van der Waals surface area contributed by atoms with Gasteiger partial charge in [-0.05, 0) is 85.8 Å². The normalized spacial score (nSPS) is 12.1. The minimum atomic E-state index is -1.41. The molecule has 0 saturated carbocycles. The molecule has 0 saturated heterocycles. The van der Waals surface area contributed by atoms with Crippen LogP contribution in [0.1, 0.15) is 44.2 Å². The molecule has 7 heteroatoms. The van der Waals surface area contributed by atoms with Gasteiger partial charge in [0, 0.05) is 24.3 Å². The minimum absolute atomic E-state index is 0.195. The Morgan fingerprint density at radius 1 is 0.791 bits per heavy atom. The Hall–Kier alpha value is -4.78. The van der Waals surface area contributed by atoms with Gasteiger partial charge in [-0.3, -0.25) is 4.90 Å². The zero-order chi connectivity index (χ0) is 30.5. The summed E-state index contributed by atoms with van der Waals surface area (Å²) in [4.78, 5) is 27.0. The molecule has 1 unspecified atom stereocenters. The average molecular weight is 581 g/mol. The minimum Gasteiger partial charge on any atom is -0.494 e. The SMILES string of the molecule is CCCCc1ccc(NC(=O)N(CCCOc2ccc(CC(C)(Oc3ccccc3)C(=O)O)cc2)c2ccccc2)cc1. The van der Waals surface area contributed by atoms with Gasteiger partial charge in [-0.1, -0.05) is 74.0 Å². The number of urea groups is 1. The number of carbonyl (C=O) groups is 2. The van der Waals surface area contributed by atoms with Crippen molar-refractivity contribution in [2.45, 2.75) is 51.6 Å². The first-order valence-electron chi connectivity index (χ1n) is 14.8. The molecule has 0 aromatic heterocycles. The van der Waals surface area contributed by atoms with Crippen LogP contribution in [0.4, 0.5) is 16.2 Å². The summed E-state index contributed by atoms with van der Waals surface area (Å²) in [6.07, 6.45) is 4.14. The van der Waals surface area contributed by atoms with Gasteiger partial charge >= 0.3 is 12.0 Å². The van der Waals surface area contributed by atoms with E-state index < -0.39 is 11.6 Å². The van der Waals surface area contributed by atoms with Gasteiger partial charge < -0.3 is 19.9 Å². The molecule has 43 heavy (non-hydrogen) atoms. The number of aliphatic carboxylic acids is 1. The van der Waals surface area contributed by atoms with Gasteiger partial charge in [0.15, 0.2) is 0 Å². The third kappa shape index (κ3) is 9.36. The molecule has 2 amide bonds. The Balaban J connectivity index is 1.31. The predicted molar refractivity (Wildman–Crippen MR) is 171 cm³/mol. The van der Waals surface area contributed by atoms with Gasteiger partial charge in [0.2, 0.25) is 5.60 Å². The standard InChI is InChI=1S/C36H40N2O5/c1-3-4-12-28-17-21-30(22-18-28)37-35(41)38(31-13-7-5-8-14-31)25-11-26-42-32-23-19-29(20-24-32)27-36(2,34(39)40)43-33-15-9-6-10-16-33/h5-10,13-24H,3-4,11-12,25-27H2,1-2H3,(H,37,41)(H,39,40). The smallest absolute Gasteiger partial charge is 0.348 e. The molecule has 0 radical (unpaired) electrons. The number of carboxylic acid groups (broad SMARTS) is 1. The molecule has 4 rings (SSSR count). The maximum Gasteiger partial charge on any atom is 0.348 e. The molecule has 224 valence electrons. The van der Waals surface area contributed by atoms with E-state index >= 15 is 0 Å². The fraction of sp³-hybridized carbons (Fsp3) is 0.278. The number of carbonyl (C=O) groups excluding carboxylic acids is 1. The quantitative estimate of drug-likeness (QED) is 0.139. The molecule has 4 aromatic rings. The number of para-hydroxylation sites is 2. The third-order valence-electron chi connectivity index (χ3n) is 7.14. The van der Waals surface area contributed by atoms with E-state index in [2.05, 4.69) is 24.4 Å². The van der Waals surface area contributed by atoms with Crippen LogP contribution in [-0.4, -0.2) is 35.9 Å². The molecule has 0 bridgehead atoms. The lowest BCUT2D eigenvalue weighted by Crippen LogP contribution is -2.43. The summed E-state index contributed by atoms with van der Waals surface area (Å²) in [6.45, 7) is 4.63. The molecule has 2 N–H and O–H groups in total. The average Bonchev–Trinajstić information content (AvgIpc) is 3.02. The Morgan fingerprint density at radius 2 is 1.42 bits per heavy atom. The summed E-state index contributed by atoms with van der Waals surface area (Å²) in [7, 11) is 0. The monoisotopic (exact) mass is 580 g/mol. The fourth-order valence-electron chi connectivity index (χ4n) is 4.69. The van der Waals surface area contributed by atoms with Gasteiger partial charge in [-0.2, -0.15) is 0 Å². The first kappa shape index (κ1) is 31.2. The van der Waals surface area contributed by atoms with Crippen molar-refractivity contribution in [2.24, 2.45) is 0 Å². The van der Waals surface area contributed by atoms with E-state index in [0.29, 0.717) is 31.1 Å². The second-order valence-electron chi connectivity index (χ2n) is 10.7. The van der Waals surface area contributed by atoms with E-state index in [1.165, 1.54) is 5.56 Å². The molecule has 0 aliphatic carbocycles. The molecule has 7 nitrogen and oxygen atoms in total. The maximum atomic E-state index is 13.3. The van der Waals surface area contributed by atoms with Gasteiger partial charge in [0.05, 0.1) is 6.61 Å². The van der Waals surface area contributed by atoms with Crippen molar-refractivity contribution < 1.29 is 24.2 Å². The Morgan fingerprint density at radius 3 is 2.05 bits per heavy atom. The van der Waals surface area contributed by atoms with Crippen molar-refractivity contribution in [3.63, 3.8) is 0 Å². The molecular formula is C36H40N2O5. The number of anilines is 2. The molecule has 0 fully saturated rings. The molecule has 0 aliphatic rings. The topological polar surface area (TPSA) is 88.1 Å². The lowest BCUT2D eigenvalue weighted by Gasteiger charge is -2.26. The van der Waals surface area contributed by atoms with Crippen molar-refractivity contribution >= 4 is 23.4 Å². The maximum absolute atomic E-state index is 13.3. The van der Waals surface area contributed by atoms with Crippen molar-refractivity contribution in [3.05, 3.63) is 120 Å². The second-order valence-corrected chi connectivity index (χ2v) is 10.7. The first-order valence-corrected chi connectivity index (χ1v) is 14.8. The van der Waals surface area contributed by atoms with Crippen LogP contribution in [0.5, 0.6) is 11.5 Å². The molecular weight excluding hydrogens is 540 g/mol. The second kappa shape index (κ2) is 15.4. The largest absolute Gasteiger partial charge is 0.494 e. The van der Waals surface area contributed by atoms with Crippen molar-refractivity contribution in [3.8, 4) is 11.5 Å². The lowest BCUT2D eigenvalue weighted by atomic mass is 9.96. The summed E-state index contributed by atoms with van der Waals surface area (Å²) >= 11 is 0. The number of unbranched alkanes of at least 4 members (excludes halogenated alkanes) is 1. The zero-order valence-electron chi connectivity index (χ0n) is 24.9. The zero-order valence-corrected chi connectivity index (χ0v) is 24.9. The lowest BCUT2D eigenvalue weighted by molar-refractivity contribution is -0.153. The Kier molecular flexibility index (Phi) is 11.2. The highest BCUT2D eigenvalue weighted by molar-refractivity contribution is 6.01. The Bertz CT molecular complexity index is 1430.